The smallest absolute Gasteiger partial charge is 0.318 e. The van der Waals surface area contributed by atoms with Crippen molar-refractivity contribution in [1.29, 1.82) is 0 Å². The van der Waals surface area contributed by atoms with Crippen molar-refractivity contribution in [3.63, 3.8) is 0 Å². The number of amides is 3. The fourth-order valence-electron chi connectivity index (χ4n) is 3.52. The van der Waals surface area contributed by atoms with Gasteiger partial charge in [0, 0.05) is 31.0 Å². The van der Waals surface area contributed by atoms with Crippen LogP contribution in [0.25, 0.3) is 0 Å². The molecule has 2 aromatic rings. The van der Waals surface area contributed by atoms with Gasteiger partial charge in [0.25, 0.3) is 0 Å². The van der Waals surface area contributed by atoms with Gasteiger partial charge >= 0.3 is 6.03 Å². The molecule has 0 saturated carbocycles. The molecular weight excluding hydrogens is 454 g/mol. The van der Waals surface area contributed by atoms with Crippen LogP contribution in [0.3, 0.4) is 0 Å². The molecule has 0 spiro atoms. The largest absolute Gasteiger partial charge is 0.378 e. The molecule has 0 aliphatic carbocycles. The first-order chi connectivity index (χ1) is 16.4. The second-order valence-corrected chi connectivity index (χ2v) is 9.83. The van der Waals surface area contributed by atoms with Crippen molar-refractivity contribution in [2.24, 2.45) is 0 Å². The number of morpholine rings is 1. The average Bonchev–Trinajstić information content (AvgIpc) is 2.87. The molecule has 182 valence electrons. The lowest BCUT2D eigenvalue weighted by molar-refractivity contribution is -0.123. The molecule has 1 fully saturated rings. The fraction of sp³-hybridized carbons (Fsp3) is 0.360. The van der Waals surface area contributed by atoms with Crippen molar-refractivity contribution in [3.05, 3.63) is 77.7 Å². The summed E-state index contributed by atoms with van der Waals surface area (Å²) in [5, 5.41) is 6.83. The lowest BCUT2D eigenvalue weighted by Crippen LogP contribution is -2.55. The van der Waals surface area contributed by atoms with Gasteiger partial charge in [0.05, 0.1) is 18.1 Å². The van der Waals surface area contributed by atoms with Gasteiger partial charge in [-0.1, -0.05) is 61.5 Å². The third-order valence-electron chi connectivity index (χ3n) is 5.52. The van der Waals surface area contributed by atoms with E-state index in [1.54, 1.807) is 23.1 Å². The normalized spacial score (nSPS) is 16.1. The number of sulfone groups is 1. The molecule has 2 atom stereocenters. The number of benzene rings is 2. The maximum atomic E-state index is 13.2. The minimum atomic E-state index is -3.62. The zero-order valence-corrected chi connectivity index (χ0v) is 20.0. The monoisotopic (exact) mass is 485 g/mol. The number of ether oxygens (including phenoxy) is 1. The van der Waals surface area contributed by atoms with E-state index in [0.29, 0.717) is 39.1 Å². The summed E-state index contributed by atoms with van der Waals surface area (Å²) in [6.45, 7) is 3.69. The summed E-state index contributed by atoms with van der Waals surface area (Å²) in [5.41, 5.74) is 0.903. The zero-order chi connectivity index (χ0) is 24.4. The third-order valence-corrected chi connectivity index (χ3v) is 6.97. The predicted molar refractivity (Wildman–Crippen MR) is 130 cm³/mol. The van der Waals surface area contributed by atoms with Gasteiger partial charge in [0.15, 0.2) is 9.84 Å². The van der Waals surface area contributed by atoms with Crippen LogP contribution < -0.4 is 10.6 Å². The van der Waals surface area contributed by atoms with Crippen LogP contribution in [-0.4, -0.2) is 63.6 Å². The summed E-state index contributed by atoms with van der Waals surface area (Å²) < 4.78 is 30.4. The number of urea groups is 1. The van der Waals surface area contributed by atoms with E-state index >= 15 is 0 Å². The van der Waals surface area contributed by atoms with Crippen LogP contribution in [-0.2, 0) is 25.8 Å². The highest BCUT2D eigenvalue weighted by atomic mass is 32.2. The second-order valence-electron chi connectivity index (χ2n) is 8.00. The Bertz CT molecular complexity index is 1070. The molecule has 0 bridgehead atoms. The topological polar surface area (TPSA) is 105 Å². The predicted octanol–water partition coefficient (Wildman–Crippen LogP) is 2.52. The molecule has 1 aliphatic rings. The molecule has 0 radical (unpaired) electrons. The second kappa shape index (κ2) is 12.3. The van der Waals surface area contributed by atoms with Gasteiger partial charge in [0.2, 0.25) is 5.91 Å². The minimum absolute atomic E-state index is 0.187. The summed E-state index contributed by atoms with van der Waals surface area (Å²) in [6.07, 6.45) is 2.27. The molecule has 0 aromatic heterocycles. The van der Waals surface area contributed by atoms with Crippen LogP contribution >= 0.6 is 0 Å². The van der Waals surface area contributed by atoms with Crippen LogP contribution in [0, 0.1) is 0 Å². The summed E-state index contributed by atoms with van der Waals surface area (Å²) >= 11 is 0. The van der Waals surface area contributed by atoms with Gasteiger partial charge in [-0.3, -0.25) is 4.79 Å². The van der Waals surface area contributed by atoms with Gasteiger partial charge in [-0.05, 0) is 24.1 Å². The number of rotatable bonds is 9. The molecule has 0 unspecified atom stereocenters. The zero-order valence-electron chi connectivity index (χ0n) is 19.2. The van der Waals surface area contributed by atoms with E-state index in [-0.39, 0.29) is 16.8 Å². The third kappa shape index (κ3) is 7.43. The Morgan fingerprint density at radius 3 is 2.24 bits per heavy atom. The van der Waals surface area contributed by atoms with Gasteiger partial charge < -0.3 is 20.3 Å². The molecule has 9 heteroatoms. The first-order valence-electron chi connectivity index (χ1n) is 11.3. The summed E-state index contributed by atoms with van der Waals surface area (Å²) in [5.74, 6) is -0.376. The Labute approximate surface area is 200 Å². The molecule has 2 aromatic carbocycles. The Hall–Kier alpha value is -3.17. The minimum Gasteiger partial charge on any atom is -0.378 e. The number of nitrogens with one attached hydrogen (secondary N) is 2. The first kappa shape index (κ1) is 25.5. The Morgan fingerprint density at radius 1 is 1.00 bits per heavy atom. The van der Waals surface area contributed by atoms with E-state index in [9.17, 15) is 18.0 Å². The average molecular weight is 486 g/mol. The van der Waals surface area contributed by atoms with Crippen molar-refractivity contribution in [2.75, 3.05) is 26.3 Å². The lowest BCUT2D eigenvalue weighted by Gasteiger charge is -2.29. The molecule has 34 heavy (non-hydrogen) atoms. The quantitative estimate of drug-likeness (QED) is 0.568. The van der Waals surface area contributed by atoms with Crippen LogP contribution in [0.1, 0.15) is 18.9 Å². The van der Waals surface area contributed by atoms with Crippen molar-refractivity contribution < 1.29 is 22.7 Å². The van der Waals surface area contributed by atoms with E-state index in [1.807, 2.05) is 37.3 Å². The summed E-state index contributed by atoms with van der Waals surface area (Å²) in [6, 6.07) is 15.9. The van der Waals surface area contributed by atoms with Gasteiger partial charge in [0.1, 0.15) is 6.04 Å². The molecule has 1 aliphatic heterocycles. The van der Waals surface area contributed by atoms with Crippen LogP contribution in [0.4, 0.5) is 4.79 Å². The molecule has 1 heterocycles. The Balaban J connectivity index is 1.71. The maximum Gasteiger partial charge on any atom is 0.318 e. The molecule has 1 saturated heterocycles. The van der Waals surface area contributed by atoms with E-state index in [0.717, 1.165) is 11.0 Å². The molecule has 8 nitrogen and oxygen atoms in total. The number of carbonyl (C=O) groups excluding carboxylic acids is 2. The van der Waals surface area contributed by atoms with Crippen molar-refractivity contribution in [1.82, 2.24) is 15.5 Å². The molecule has 3 rings (SSSR count). The lowest BCUT2D eigenvalue weighted by atomic mass is 10.0. The van der Waals surface area contributed by atoms with Gasteiger partial charge in [-0.15, -0.1) is 0 Å². The fourth-order valence-corrected chi connectivity index (χ4v) is 4.61. The SMILES string of the molecule is CC[C@@H](/C=C/S(=O)(=O)c1ccccc1)NC(=O)[C@H](Cc1ccccc1)NC(=O)N1CCOCC1. The van der Waals surface area contributed by atoms with E-state index in [2.05, 4.69) is 10.6 Å². The van der Waals surface area contributed by atoms with Crippen LogP contribution in [0.5, 0.6) is 0 Å². The van der Waals surface area contributed by atoms with Gasteiger partial charge in [-0.2, -0.15) is 0 Å². The Morgan fingerprint density at radius 2 is 1.62 bits per heavy atom. The van der Waals surface area contributed by atoms with Crippen molar-refractivity contribution in [2.45, 2.75) is 36.7 Å². The van der Waals surface area contributed by atoms with Crippen LogP contribution in [0.2, 0.25) is 0 Å². The number of carbonyl (C=O) groups is 2. The van der Waals surface area contributed by atoms with Crippen molar-refractivity contribution in [3.8, 4) is 0 Å². The van der Waals surface area contributed by atoms with E-state index in [4.69, 9.17) is 4.74 Å². The molecular formula is C25H31N3O5S. The summed E-state index contributed by atoms with van der Waals surface area (Å²) in [7, 11) is -3.62. The van der Waals surface area contributed by atoms with Crippen molar-refractivity contribution >= 4 is 21.8 Å². The highest BCUT2D eigenvalue weighted by Gasteiger charge is 2.26. The highest BCUT2D eigenvalue weighted by molar-refractivity contribution is 7.94. The molecule has 2 N–H and O–H groups in total. The maximum absolute atomic E-state index is 13.2. The summed E-state index contributed by atoms with van der Waals surface area (Å²) in [4.78, 5) is 27.7. The highest BCUT2D eigenvalue weighted by Crippen LogP contribution is 2.12. The van der Waals surface area contributed by atoms with Crippen LogP contribution in [0.15, 0.2) is 77.0 Å². The number of hydrogen-bond acceptors (Lipinski definition) is 5. The molecule has 3 amide bonds. The first-order valence-corrected chi connectivity index (χ1v) is 12.9. The van der Waals surface area contributed by atoms with Gasteiger partial charge in [-0.25, -0.2) is 13.2 Å². The Kier molecular flexibility index (Phi) is 9.24. The standard InChI is InChI=1S/C25H31N3O5S/c1-2-21(13-18-34(31,32)22-11-7-4-8-12-22)26-24(29)23(19-20-9-5-3-6-10-20)27-25(30)28-14-16-33-17-15-28/h3-13,18,21,23H,2,14-17,19H2,1H3,(H,26,29)(H,27,30)/b18-13+/t21-,23-/m0/s1. The van der Waals surface area contributed by atoms with E-state index < -0.39 is 21.9 Å². The number of hydrogen-bond donors (Lipinski definition) is 2. The van der Waals surface area contributed by atoms with E-state index in [1.165, 1.54) is 18.2 Å². The number of nitrogens with zero attached hydrogens (tertiary/aromatic N) is 1.